The van der Waals surface area contributed by atoms with Crippen molar-refractivity contribution in [1.82, 2.24) is 10.2 Å². The van der Waals surface area contributed by atoms with E-state index in [0.717, 1.165) is 13.0 Å². The molecule has 1 unspecified atom stereocenters. The first-order valence-corrected chi connectivity index (χ1v) is 8.31. The molecule has 1 atom stereocenters. The second-order valence-corrected chi connectivity index (χ2v) is 7.42. The lowest BCUT2D eigenvalue weighted by atomic mass is 10.0. The zero-order valence-corrected chi connectivity index (χ0v) is 12.9. The molecular formula is C14H24N2O2S. The summed E-state index contributed by atoms with van der Waals surface area (Å²) in [5.41, 5.74) is 0. The Labute approximate surface area is 119 Å². The minimum atomic E-state index is -0.326. The van der Waals surface area contributed by atoms with Crippen LogP contribution in [0.5, 0.6) is 0 Å². The van der Waals surface area contributed by atoms with E-state index in [-0.39, 0.29) is 22.6 Å². The molecular weight excluding hydrogens is 260 g/mol. The summed E-state index contributed by atoms with van der Waals surface area (Å²) in [4.78, 5) is 26.2. The molecule has 4 nitrogen and oxygen atoms in total. The predicted octanol–water partition coefficient (Wildman–Crippen LogP) is 1.65. The summed E-state index contributed by atoms with van der Waals surface area (Å²) < 4.78 is 0.269. The van der Waals surface area contributed by atoms with Gasteiger partial charge in [-0.1, -0.05) is 13.8 Å². The normalized spacial score (nSPS) is 26.3. The largest absolute Gasteiger partial charge is 0.344 e. The zero-order chi connectivity index (χ0) is 14.0. The van der Waals surface area contributed by atoms with Gasteiger partial charge in [-0.15, -0.1) is 0 Å². The van der Waals surface area contributed by atoms with E-state index in [1.807, 2.05) is 16.7 Å². The molecule has 1 aliphatic carbocycles. The summed E-state index contributed by atoms with van der Waals surface area (Å²) in [5.74, 6) is 0.528. The van der Waals surface area contributed by atoms with E-state index in [2.05, 4.69) is 25.4 Å². The van der Waals surface area contributed by atoms with Gasteiger partial charge in [0.2, 0.25) is 11.8 Å². The van der Waals surface area contributed by atoms with Crippen molar-refractivity contribution in [2.45, 2.75) is 50.3 Å². The standard InChI is InChI=1S/C14H24N2O2S/c1-10(2)8-11-13(18)16(7-4-12(17)15-11)9-14(19-3)5-6-14/h10-11H,4-9H2,1-3H3,(H,15,17). The summed E-state index contributed by atoms with van der Waals surface area (Å²) in [6.45, 7) is 5.54. The number of amides is 2. The minimum absolute atomic E-state index is 0.00972. The number of nitrogens with zero attached hydrogens (tertiary/aromatic N) is 1. The highest BCUT2D eigenvalue weighted by atomic mass is 32.2. The summed E-state index contributed by atoms with van der Waals surface area (Å²) in [6.07, 6.45) is 5.66. The molecule has 0 aromatic rings. The van der Waals surface area contributed by atoms with Crippen LogP contribution in [0.1, 0.15) is 39.5 Å². The number of nitrogens with one attached hydrogen (secondary N) is 1. The van der Waals surface area contributed by atoms with Crippen LogP contribution in [0, 0.1) is 5.92 Å². The molecule has 0 aromatic carbocycles. The van der Waals surface area contributed by atoms with Crippen molar-refractivity contribution in [2.24, 2.45) is 5.92 Å². The molecule has 2 aliphatic rings. The Balaban J connectivity index is 2.05. The van der Waals surface area contributed by atoms with Gasteiger partial charge in [0.25, 0.3) is 0 Å². The second kappa shape index (κ2) is 5.73. The van der Waals surface area contributed by atoms with Crippen molar-refractivity contribution in [3.63, 3.8) is 0 Å². The molecule has 2 fully saturated rings. The average molecular weight is 284 g/mol. The SMILES string of the molecule is CSC1(CN2CCC(=O)NC(CC(C)C)C2=O)CC1. The molecule has 2 rings (SSSR count). The van der Waals surface area contributed by atoms with Gasteiger partial charge in [0.1, 0.15) is 6.04 Å². The van der Waals surface area contributed by atoms with Crippen LogP contribution < -0.4 is 5.32 Å². The quantitative estimate of drug-likeness (QED) is 0.835. The van der Waals surface area contributed by atoms with Crippen LogP contribution in [0.25, 0.3) is 0 Å². The maximum absolute atomic E-state index is 12.5. The molecule has 0 radical (unpaired) electrons. The molecule has 1 saturated heterocycles. The minimum Gasteiger partial charge on any atom is -0.344 e. The summed E-state index contributed by atoms with van der Waals surface area (Å²) in [6, 6.07) is -0.326. The van der Waals surface area contributed by atoms with Gasteiger partial charge in [-0.2, -0.15) is 11.8 Å². The second-order valence-electron chi connectivity index (χ2n) is 6.15. The van der Waals surface area contributed by atoms with Crippen LogP contribution in [0.3, 0.4) is 0 Å². The summed E-state index contributed by atoms with van der Waals surface area (Å²) in [5, 5.41) is 2.88. The number of carbonyl (C=O) groups is 2. The molecule has 0 aromatic heterocycles. The van der Waals surface area contributed by atoms with Crippen LogP contribution in [0.2, 0.25) is 0 Å². The molecule has 1 aliphatic heterocycles. The highest BCUT2D eigenvalue weighted by Gasteiger charge is 2.45. The van der Waals surface area contributed by atoms with Crippen LogP contribution in [0.4, 0.5) is 0 Å². The monoisotopic (exact) mass is 284 g/mol. The lowest BCUT2D eigenvalue weighted by Crippen LogP contribution is -2.47. The van der Waals surface area contributed by atoms with Crippen LogP contribution in [-0.2, 0) is 9.59 Å². The van der Waals surface area contributed by atoms with Crippen LogP contribution >= 0.6 is 11.8 Å². The number of carbonyl (C=O) groups excluding carboxylic acids is 2. The van der Waals surface area contributed by atoms with Crippen molar-refractivity contribution in [3.05, 3.63) is 0 Å². The summed E-state index contributed by atoms with van der Waals surface area (Å²) in [7, 11) is 0. The Morgan fingerprint density at radius 1 is 1.42 bits per heavy atom. The molecule has 1 heterocycles. The predicted molar refractivity (Wildman–Crippen MR) is 78.1 cm³/mol. The molecule has 19 heavy (non-hydrogen) atoms. The molecule has 5 heteroatoms. The first kappa shape index (κ1) is 14.7. The van der Waals surface area contributed by atoms with Crippen molar-refractivity contribution >= 4 is 23.6 Å². The topological polar surface area (TPSA) is 49.4 Å². The van der Waals surface area contributed by atoms with Gasteiger partial charge in [-0.05, 0) is 31.4 Å². The van der Waals surface area contributed by atoms with Gasteiger partial charge in [0.05, 0.1) is 0 Å². The maximum atomic E-state index is 12.5. The fourth-order valence-corrected chi connectivity index (χ4v) is 3.39. The van der Waals surface area contributed by atoms with Gasteiger partial charge < -0.3 is 10.2 Å². The third-order valence-corrected chi connectivity index (χ3v) is 5.38. The molecule has 1 saturated carbocycles. The lowest BCUT2D eigenvalue weighted by molar-refractivity contribution is -0.134. The molecule has 0 spiro atoms. The number of hydrogen-bond acceptors (Lipinski definition) is 3. The van der Waals surface area contributed by atoms with Gasteiger partial charge in [-0.3, -0.25) is 9.59 Å². The smallest absolute Gasteiger partial charge is 0.245 e. The molecule has 1 N–H and O–H groups in total. The van der Waals surface area contributed by atoms with E-state index in [0.29, 0.717) is 18.9 Å². The van der Waals surface area contributed by atoms with Crippen LogP contribution in [0.15, 0.2) is 0 Å². The number of thioether (sulfide) groups is 1. The number of hydrogen-bond donors (Lipinski definition) is 1. The number of rotatable bonds is 5. The van der Waals surface area contributed by atoms with Crippen molar-refractivity contribution in [2.75, 3.05) is 19.3 Å². The summed E-state index contributed by atoms with van der Waals surface area (Å²) >= 11 is 1.86. The van der Waals surface area contributed by atoms with Crippen molar-refractivity contribution in [1.29, 1.82) is 0 Å². The first-order valence-electron chi connectivity index (χ1n) is 7.09. The van der Waals surface area contributed by atoms with E-state index in [1.54, 1.807) is 0 Å². The Morgan fingerprint density at radius 2 is 2.11 bits per heavy atom. The van der Waals surface area contributed by atoms with Crippen molar-refractivity contribution < 1.29 is 9.59 Å². The average Bonchev–Trinajstić information content (AvgIpc) is 3.13. The Kier molecular flexibility index (Phi) is 4.43. The van der Waals surface area contributed by atoms with Crippen molar-refractivity contribution in [3.8, 4) is 0 Å². The van der Waals surface area contributed by atoms with E-state index in [4.69, 9.17) is 0 Å². The van der Waals surface area contributed by atoms with E-state index in [9.17, 15) is 9.59 Å². The third kappa shape index (κ3) is 3.65. The van der Waals surface area contributed by atoms with Gasteiger partial charge in [0, 0.05) is 24.3 Å². The molecule has 108 valence electrons. The van der Waals surface area contributed by atoms with E-state index < -0.39 is 0 Å². The Morgan fingerprint density at radius 3 is 2.63 bits per heavy atom. The zero-order valence-electron chi connectivity index (χ0n) is 12.1. The van der Waals surface area contributed by atoms with E-state index >= 15 is 0 Å². The Hall–Kier alpha value is -0.710. The highest BCUT2D eigenvalue weighted by molar-refractivity contribution is 8.00. The van der Waals surface area contributed by atoms with Gasteiger partial charge in [0.15, 0.2) is 0 Å². The van der Waals surface area contributed by atoms with Crippen LogP contribution in [-0.4, -0.2) is 46.8 Å². The first-order chi connectivity index (χ1) is 8.96. The van der Waals surface area contributed by atoms with E-state index in [1.165, 1.54) is 12.8 Å². The van der Waals surface area contributed by atoms with Gasteiger partial charge in [-0.25, -0.2) is 0 Å². The fourth-order valence-electron chi connectivity index (χ4n) is 2.60. The fraction of sp³-hybridized carbons (Fsp3) is 0.857. The maximum Gasteiger partial charge on any atom is 0.245 e. The third-order valence-electron chi connectivity index (χ3n) is 3.98. The lowest BCUT2D eigenvalue weighted by Gasteiger charge is -2.28. The van der Waals surface area contributed by atoms with Gasteiger partial charge >= 0.3 is 0 Å². The highest BCUT2D eigenvalue weighted by Crippen LogP contribution is 2.47. The molecule has 0 bridgehead atoms. The molecule has 2 amide bonds. The Bertz CT molecular complexity index is 366.